The van der Waals surface area contributed by atoms with Gasteiger partial charge in [0, 0.05) is 11.3 Å². The summed E-state index contributed by atoms with van der Waals surface area (Å²) in [5.41, 5.74) is 2.09. The minimum absolute atomic E-state index is 0.158. The molecule has 0 fully saturated rings. The number of carbonyl (C=O) groups is 1. The molecule has 24 heavy (non-hydrogen) atoms. The van der Waals surface area contributed by atoms with Gasteiger partial charge in [-0.25, -0.2) is 4.79 Å². The first kappa shape index (κ1) is 15.5. The van der Waals surface area contributed by atoms with Crippen molar-refractivity contribution in [2.45, 2.75) is 6.42 Å². The van der Waals surface area contributed by atoms with Crippen molar-refractivity contribution in [3.63, 3.8) is 0 Å². The molecule has 0 aliphatic carbocycles. The first-order valence-corrected chi connectivity index (χ1v) is 7.23. The molecule has 7 nitrogen and oxygen atoms in total. The van der Waals surface area contributed by atoms with Gasteiger partial charge in [-0.3, -0.25) is 14.3 Å². The van der Waals surface area contributed by atoms with Crippen molar-refractivity contribution in [3.8, 4) is 17.1 Å². The molecule has 2 N–H and O–H groups in total. The fraction of sp³-hybridized carbons (Fsp3) is 0.118. The SMILES string of the molecule is COc1cccc(CC(=O)Nc2cccc(-c3noc(=O)[nH]3)c2)c1. The highest BCUT2D eigenvalue weighted by Crippen LogP contribution is 2.19. The Morgan fingerprint density at radius 3 is 2.83 bits per heavy atom. The van der Waals surface area contributed by atoms with E-state index in [9.17, 15) is 9.59 Å². The molecule has 7 heteroatoms. The van der Waals surface area contributed by atoms with Crippen LogP contribution in [0.3, 0.4) is 0 Å². The van der Waals surface area contributed by atoms with Crippen LogP contribution in [0.5, 0.6) is 5.75 Å². The van der Waals surface area contributed by atoms with Gasteiger partial charge in [0.25, 0.3) is 0 Å². The fourth-order valence-corrected chi connectivity index (χ4v) is 2.27. The molecule has 3 rings (SSSR count). The van der Waals surface area contributed by atoms with E-state index in [1.165, 1.54) is 0 Å². The lowest BCUT2D eigenvalue weighted by atomic mass is 10.1. The fourth-order valence-electron chi connectivity index (χ4n) is 2.27. The molecule has 1 amide bonds. The van der Waals surface area contributed by atoms with Gasteiger partial charge in [0.05, 0.1) is 13.5 Å². The van der Waals surface area contributed by atoms with E-state index in [4.69, 9.17) is 4.74 Å². The number of rotatable bonds is 5. The second-order valence-electron chi connectivity index (χ2n) is 5.10. The number of nitrogens with one attached hydrogen (secondary N) is 2. The summed E-state index contributed by atoms with van der Waals surface area (Å²) in [5.74, 6) is 0.229. The van der Waals surface area contributed by atoms with E-state index in [2.05, 4.69) is 20.0 Å². The van der Waals surface area contributed by atoms with Crippen molar-refractivity contribution in [2.24, 2.45) is 0 Å². The summed E-state index contributed by atoms with van der Waals surface area (Å²) in [6, 6.07) is 14.3. The lowest BCUT2D eigenvalue weighted by molar-refractivity contribution is -0.115. The molecule has 1 aromatic heterocycles. The number of hydrogen-bond donors (Lipinski definition) is 2. The Hall–Kier alpha value is -3.35. The average molecular weight is 325 g/mol. The summed E-state index contributed by atoms with van der Waals surface area (Å²) in [5, 5.41) is 6.44. The van der Waals surface area contributed by atoms with E-state index in [-0.39, 0.29) is 12.3 Å². The highest BCUT2D eigenvalue weighted by molar-refractivity contribution is 5.92. The molecule has 0 saturated carbocycles. The molecule has 0 bridgehead atoms. The van der Waals surface area contributed by atoms with Crippen LogP contribution < -0.4 is 15.8 Å². The Labute approximate surface area is 137 Å². The first-order chi connectivity index (χ1) is 11.6. The summed E-state index contributed by atoms with van der Waals surface area (Å²) >= 11 is 0. The number of aromatic amines is 1. The Kier molecular flexibility index (Phi) is 4.42. The molecule has 0 atom stereocenters. The molecule has 0 aliphatic heterocycles. The molecule has 122 valence electrons. The lowest BCUT2D eigenvalue weighted by Gasteiger charge is -2.07. The number of anilines is 1. The monoisotopic (exact) mass is 325 g/mol. The Bertz CT molecular complexity index is 914. The summed E-state index contributed by atoms with van der Waals surface area (Å²) in [7, 11) is 1.58. The molecular weight excluding hydrogens is 310 g/mol. The molecular formula is C17H15N3O4. The molecule has 2 aromatic carbocycles. The maximum absolute atomic E-state index is 12.2. The zero-order valence-electron chi connectivity index (χ0n) is 12.9. The molecule has 0 aliphatic rings. The predicted molar refractivity (Wildman–Crippen MR) is 87.9 cm³/mol. The lowest BCUT2D eigenvalue weighted by Crippen LogP contribution is -2.14. The standard InChI is InChI=1S/C17H15N3O4/c1-23-14-7-2-4-11(8-14)9-15(21)18-13-6-3-5-12(10-13)16-19-17(22)24-20-16/h2-8,10H,9H2,1H3,(H,18,21)(H,19,20,22). The summed E-state index contributed by atoms with van der Waals surface area (Å²) in [4.78, 5) is 25.7. The number of H-pyrrole nitrogens is 1. The summed E-state index contributed by atoms with van der Waals surface area (Å²) < 4.78 is 9.63. The number of methoxy groups -OCH3 is 1. The second-order valence-corrected chi connectivity index (χ2v) is 5.10. The van der Waals surface area contributed by atoms with Crippen LogP contribution in [0.4, 0.5) is 5.69 Å². The van der Waals surface area contributed by atoms with Crippen molar-refractivity contribution in [1.29, 1.82) is 0 Å². The van der Waals surface area contributed by atoms with Crippen LogP contribution in [0.1, 0.15) is 5.56 Å². The highest BCUT2D eigenvalue weighted by atomic mass is 16.5. The van der Waals surface area contributed by atoms with Gasteiger partial charge < -0.3 is 10.1 Å². The normalized spacial score (nSPS) is 10.4. The van der Waals surface area contributed by atoms with Crippen molar-refractivity contribution < 1.29 is 14.1 Å². The maximum Gasteiger partial charge on any atom is 0.439 e. The average Bonchev–Trinajstić information content (AvgIpc) is 3.02. The van der Waals surface area contributed by atoms with Gasteiger partial charge in [0.15, 0.2) is 5.82 Å². The van der Waals surface area contributed by atoms with Crippen LogP contribution >= 0.6 is 0 Å². The largest absolute Gasteiger partial charge is 0.497 e. The highest BCUT2D eigenvalue weighted by Gasteiger charge is 2.08. The van der Waals surface area contributed by atoms with Gasteiger partial charge in [-0.2, -0.15) is 0 Å². The molecule has 1 heterocycles. The maximum atomic E-state index is 12.2. The third kappa shape index (κ3) is 3.70. The number of aromatic nitrogens is 2. The van der Waals surface area contributed by atoms with Crippen molar-refractivity contribution in [2.75, 3.05) is 12.4 Å². The Morgan fingerprint density at radius 2 is 2.08 bits per heavy atom. The minimum Gasteiger partial charge on any atom is -0.497 e. The zero-order chi connectivity index (χ0) is 16.9. The minimum atomic E-state index is -0.627. The number of amides is 1. The van der Waals surface area contributed by atoms with Crippen molar-refractivity contribution in [1.82, 2.24) is 10.1 Å². The van der Waals surface area contributed by atoms with Crippen LogP contribution in [0.15, 0.2) is 57.8 Å². The Balaban J connectivity index is 1.71. The number of nitrogens with zero attached hydrogens (tertiary/aromatic N) is 1. The third-order valence-electron chi connectivity index (χ3n) is 3.36. The number of hydrogen-bond acceptors (Lipinski definition) is 5. The number of carbonyl (C=O) groups excluding carboxylic acids is 1. The smallest absolute Gasteiger partial charge is 0.439 e. The van der Waals surface area contributed by atoms with E-state index in [1.807, 2.05) is 24.3 Å². The third-order valence-corrected chi connectivity index (χ3v) is 3.36. The van der Waals surface area contributed by atoms with E-state index < -0.39 is 5.76 Å². The molecule has 0 radical (unpaired) electrons. The second kappa shape index (κ2) is 6.82. The van der Waals surface area contributed by atoms with Crippen LogP contribution in [0.25, 0.3) is 11.4 Å². The van der Waals surface area contributed by atoms with Crippen LogP contribution in [-0.4, -0.2) is 23.2 Å². The topological polar surface area (TPSA) is 97.2 Å². The first-order valence-electron chi connectivity index (χ1n) is 7.23. The summed E-state index contributed by atoms with van der Waals surface area (Å²) in [6.07, 6.45) is 0.224. The van der Waals surface area contributed by atoms with Crippen molar-refractivity contribution >= 4 is 11.6 Å². The van der Waals surface area contributed by atoms with Gasteiger partial charge in [-0.05, 0) is 29.8 Å². The predicted octanol–water partition coefficient (Wildman–Crippen LogP) is 2.22. The number of ether oxygens (including phenoxy) is 1. The van der Waals surface area contributed by atoms with Gasteiger partial charge >= 0.3 is 5.76 Å². The van der Waals surface area contributed by atoms with E-state index in [1.54, 1.807) is 31.4 Å². The Morgan fingerprint density at radius 1 is 1.25 bits per heavy atom. The molecule has 3 aromatic rings. The van der Waals surface area contributed by atoms with Gasteiger partial charge in [-0.1, -0.05) is 29.4 Å². The zero-order valence-corrected chi connectivity index (χ0v) is 12.9. The van der Waals surface area contributed by atoms with Gasteiger partial charge in [-0.15, -0.1) is 0 Å². The quantitative estimate of drug-likeness (QED) is 0.749. The summed E-state index contributed by atoms with van der Waals surface area (Å²) in [6.45, 7) is 0. The van der Waals surface area contributed by atoms with Crippen LogP contribution in [0.2, 0.25) is 0 Å². The van der Waals surface area contributed by atoms with E-state index in [0.717, 1.165) is 5.56 Å². The molecule has 0 unspecified atom stereocenters. The van der Waals surface area contributed by atoms with Gasteiger partial charge in [0.2, 0.25) is 5.91 Å². The van der Waals surface area contributed by atoms with E-state index in [0.29, 0.717) is 22.8 Å². The molecule has 0 spiro atoms. The van der Waals surface area contributed by atoms with Crippen LogP contribution in [-0.2, 0) is 11.2 Å². The van der Waals surface area contributed by atoms with Crippen molar-refractivity contribution in [3.05, 3.63) is 64.6 Å². The van der Waals surface area contributed by atoms with Crippen LogP contribution in [0, 0.1) is 0 Å². The van der Waals surface area contributed by atoms with E-state index >= 15 is 0 Å². The van der Waals surface area contributed by atoms with Gasteiger partial charge in [0.1, 0.15) is 5.75 Å². The molecule has 0 saturated heterocycles. The number of benzene rings is 2.